The molecule has 1 atom stereocenters. The molecule has 2 rings (SSSR count). The minimum atomic E-state index is -0.374. The molecule has 0 saturated heterocycles. The molecule has 3 nitrogen and oxygen atoms in total. The summed E-state index contributed by atoms with van der Waals surface area (Å²) in [5, 5.41) is 0. The van der Waals surface area contributed by atoms with E-state index in [-0.39, 0.29) is 11.4 Å². The first-order valence-corrected chi connectivity index (χ1v) is 6.73. The van der Waals surface area contributed by atoms with Crippen molar-refractivity contribution in [2.24, 2.45) is 11.7 Å². The second-order valence-corrected chi connectivity index (χ2v) is 5.93. The molecule has 0 spiro atoms. The predicted molar refractivity (Wildman–Crippen MR) is 78.6 cm³/mol. The van der Waals surface area contributed by atoms with Gasteiger partial charge < -0.3 is 10.6 Å². The van der Waals surface area contributed by atoms with Gasteiger partial charge in [0, 0.05) is 23.4 Å². The SMILES string of the molecule is C=C1c2ccccc2C(=O)N1C(C)(CN)CC(C)C. The Balaban J connectivity index is 2.43. The average Bonchev–Trinajstić information content (AvgIpc) is 2.62. The number of amides is 1. The number of nitrogens with zero attached hydrogens (tertiary/aromatic N) is 1. The van der Waals surface area contributed by atoms with E-state index >= 15 is 0 Å². The van der Waals surface area contributed by atoms with Crippen molar-refractivity contribution in [1.29, 1.82) is 0 Å². The number of hydrogen-bond donors (Lipinski definition) is 1. The molecule has 19 heavy (non-hydrogen) atoms. The van der Waals surface area contributed by atoms with Gasteiger partial charge in [-0.2, -0.15) is 0 Å². The Bertz CT molecular complexity index is 486. The van der Waals surface area contributed by atoms with Crippen LogP contribution in [0.15, 0.2) is 30.8 Å². The minimum absolute atomic E-state index is 0.0224. The highest BCUT2D eigenvalue weighted by molar-refractivity contribution is 6.09. The quantitative estimate of drug-likeness (QED) is 0.902. The number of fused-ring (bicyclic) bond motifs is 1. The van der Waals surface area contributed by atoms with Gasteiger partial charge in [-0.1, -0.05) is 38.6 Å². The summed E-state index contributed by atoms with van der Waals surface area (Å²) < 4.78 is 0. The third-order valence-corrected chi connectivity index (χ3v) is 3.77. The second-order valence-electron chi connectivity index (χ2n) is 5.93. The summed E-state index contributed by atoms with van der Waals surface area (Å²) in [6, 6.07) is 7.62. The molecule has 1 aromatic carbocycles. The van der Waals surface area contributed by atoms with E-state index in [0.717, 1.165) is 23.2 Å². The molecule has 0 saturated carbocycles. The summed E-state index contributed by atoms with van der Waals surface area (Å²) >= 11 is 0. The van der Waals surface area contributed by atoms with Crippen molar-refractivity contribution in [3.05, 3.63) is 42.0 Å². The Hall–Kier alpha value is -1.61. The van der Waals surface area contributed by atoms with E-state index in [1.165, 1.54) is 0 Å². The van der Waals surface area contributed by atoms with Crippen LogP contribution in [-0.2, 0) is 0 Å². The Morgan fingerprint density at radius 3 is 2.37 bits per heavy atom. The summed E-state index contributed by atoms with van der Waals surface area (Å²) in [5.41, 5.74) is 8.02. The molecule has 1 unspecified atom stereocenters. The van der Waals surface area contributed by atoms with Gasteiger partial charge in [0.1, 0.15) is 0 Å². The minimum Gasteiger partial charge on any atom is -0.328 e. The topological polar surface area (TPSA) is 46.3 Å². The average molecular weight is 258 g/mol. The largest absolute Gasteiger partial charge is 0.328 e. The Kier molecular flexibility index (Phi) is 3.50. The van der Waals surface area contributed by atoms with E-state index in [0.29, 0.717) is 12.5 Å². The fraction of sp³-hybridized carbons (Fsp3) is 0.438. The summed E-state index contributed by atoms with van der Waals surface area (Å²) in [7, 11) is 0. The van der Waals surface area contributed by atoms with Crippen molar-refractivity contribution in [2.75, 3.05) is 6.54 Å². The Labute approximate surface area is 115 Å². The van der Waals surface area contributed by atoms with Crippen LogP contribution in [-0.4, -0.2) is 22.9 Å². The van der Waals surface area contributed by atoms with Gasteiger partial charge in [-0.25, -0.2) is 0 Å². The zero-order valence-corrected chi connectivity index (χ0v) is 11.9. The fourth-order valence-electron chi connectivity index (χ4n) is 3.00. The molecule has 1 heterocycles. The first kappa shape index (κ1) is 13.8. The standard InChI is InChI=1S/C16H22N2O/c1-11(2)9-16(4,10-17)18-12(3)13-7-5-6-8-14(13)15(18)19/h5-8,11H,3,9-10,17H2,1-2,4H3. The summed E-state index contributed by atoms with van der Waals surface area (Å²) in [6.07, 6.45) is 0.863. The number of nitrogens with two attached hydrogens (primary N) is 1. The van der Waals surface area contributed by atoms with Crippen LogP contribution >= 0.6 is 0 Å². The van der Waals surface area contributed by atoms with E-state index < -0.39 is 0 Å². The first-order valence-electron chi connectivity index (χ1n) is 6.73. The molecule has 0 bridgehead atoms. The van der Waals surface area contributed by atoms with Crippen LogP contribution in [0.3, 0.4) is 0 Å². The zero-order chi connectivity index (χ0) is 14.2. The van der Waals surface area contributed by atoms with Crippen molar-refractivity contribution in [3.8, 4) is 0 Å². The molecule has 0 aromatic heterocycles. The van der Waals surface area contributed by atoms with E-state index in [9.17, 15) is 4.79 Å². The summed E-state index contributed by atoms with van der Waals surface area (Å²) in [5.74, 6) is 0.493. The maximum absolute atomic E-state index is 12.6. The Morgan fingerprint density at radius 2 is 1.89 bits per heavy atom. The van der Waals surface area contributed by atoms with Gasteiger partial charge >= 0.3 is 0 Å². The van der Waals surface area contributed by atoms with Gasteiger partial charge in [-0.15, -0.1) is 0 Å². The zero-order valence-electron chi connectivity index (χ0n) is 11.9. The van der Waals surface area contributed by atoms with Gasteiger partial charge in [0.2, 0.25) is 0 Å². The third kappa shape index (κ3) is 2.19. The number of rotatable bonds is 4. The fourth-order valence-corrected chi connectivity index (χ4v) is 3.00. The van der Waals surface area contributed by atoms with Crippen molar-refractivity contribution >= 4 is 11.6 Å². The van der Waals surface area contributed by atoms with Gasteiger partial charge in [0.25, 0.3) is 5.91 Å². The van der Waals surface area contributed by atoms with Crippen LogP contribution in [0, 0.1) is 5.92 Å². The van der Waals surface area contributed by atoms with E-state index in [1.807, 2.05) is 31.2 Å². The Morgan fingerprint density at radius 1 is 1.32 bits per heavy atom. The number of benzene rings is 1. The molecule has 102 valence electrons. The predicted octanol–water partition coefficient (Wildman–Crippen LogP) is 2.88. The number of carbonyl (C=O) groups excluding carboxylic acids is 1. The van der Waals surface area contributed by atoms with Crippen molar-refractivity contribution in [3.63, 3.8) is 0 Å². The highest BCUT2D eigenvalue weighted by Crippen LogP contribution is 2.38. The monoisotopic (exact) mass is 258 g/mol. The van der Waals surface area contributed by atoms with E-state index in [4.69, 9.17) is 5.73 Å². The molecule has 0 radical (unpaired) electrons. The molecule has 1 amide bonds. The maximum Gasteiger partial charge on any atom is 0.259 e. The molecule has 2 N–H and O–H groups in total. The van der Waals surface area contributed by atoms with Crippen molar-refractivity contribution < 1.29 is 4.79 Å². The molecule has 0 fully saturated rings. The third-order valence-electron chi connectivity index (χ3n) is 3.77. The smallest absolute Gasteiger partial charge is 0.259 e. The lowest BCUT2D eigenvalue weighted by molar-refractivity contribution is 0.0682. The normalized spacial score (nSPS) is 17.8. The molecule has 1 aromatic rings. The van der Waals surface area contributed by atoms with Crippen LogP contribution in [0.2, 0.25) is 0 Å². The molecule has 1 aliphatic rings. The van der Waals surface area contributed by atoms with Gasteiger partial charge in [-0.3, -0.25) is 4.79 Å². The van der Waals surface area contributed by atoms with Crippen molar-refractivity contribution in [2.45, 2.75) is 32.7 Å². The van der Waals surface area contributed by atoms with Crippen LogP contribution in [0.5, 0.6) is 0 Å². The summed E-state index contributed by atoms with van der Waals surface area (Å²) in [4.78, 5) is 14.4. The lowest BCUT2D eigenvalue weighted by Gasteiger charge is -2.39. The molecule has 0 aliphatic carbocycles. The molecule has 1 aliphatic heterocycles. The van der Waals surface area contributed by atoms with E-state index in [2.05, 4.69) is 20.4 Å². The number of carbonyl (C=O) groups is 1. The van der Waals surface area contributed by atoms with Crippen LogP contribution in [0.25, 0.3) is 5.70 Å². The number of hydrogen-bond acceptors (Lipinski definition) is 2. The maximum atomic E-state index is 12.6. The van der Waals surface area contributed by atoms with Gasteiger partial charge in [-0.05, 0) is 25.3 Å². The lowest BCUT2D eigenvalue weighted by Crippen LogP contribution is -2.51. The molecular weight excluding hydrogens is 236 g/mol. The molecular formula is C16H22N2O. The highest BCUT2D eigenvalue weighted by Gasteiger charge is 2.42. The van der Waals surface area contributed by atoms with Crippen LogP contribution < -0.4 is 5.73 Å². The van der Waals surface area contributed by atoms with Crippen LogP contribution in [0.1, 0.15) is 43.1 Å². The summed E-state index contributed by atoms with van der Waals surface area (Å²) in [6.45, 7) is 10.9. The van der Waals surface area contributed by atoms with Gasteiger partial charge in [0.15, 0.2) is 0 Å². The van der Waals surface area contributed by atoms with Gasteiger partial charge in [0.05, 0.1) is 5.54 Å². The second kappa shape index (κ2) is 4.82. The lowest BCUT2D eigenvalue weighted by atomic mass is 9.88. The molecule has 3 heteroatoms. The highest BCUT2D eigenvalue weighted by atomic mass is 16.2. The first-order chi connectivity index (χ1) is 8.90. The van der Waals surface area contributed by atoms with Crippen LogP contribution in [0.4, 0.5) is 0 Å². The van der Waals surface area contributed by atoms with Crippen molar-refractivity contribution in [1.82, 2.24) is 4.90 Å². The van der Waals surface area contributed by atoms with E-state index in [1.54, 1.807) is 4.90 Å².